The predicted octanol–water partition coefficient (Wildman–Crippen LogP) is 3.87. The molecule has 0 saturated heterocycles. The predicted molar refractivity (Wildman–Crippen MR) is 79.8 cm³/mol. The van der Waals surface area contributed by atoms with Gasteiger partial charge in [-0.3, -0.25) is 4.79 Å². The first-order chi connectivity index (χ1) is 9.13. The lowest BCUT2D eigenvalue weighted by Crippen LogP contribution is -2.33. The Morgan fingerprint density at radius 3 is 2.63 bits per heavy atom. The van der Waals surface area contributed by atoms with Crippen molar-refractivity contribution in [3.8, 4) is 0 Å². The second kappa shape index (κ2) is 6.58. The fourth-order valence-corrected chi connectivity index (χ4v) is 3.83. The highest BCUT2D eigenvalue weighted by molar-refractivity contribution is 5.76. The molecule has 2 aliphatic carbocycles. The van der Waals surface area contributed by atoms with Gasteiger partial charge < -0.3 is 4.90 Å². The van der Waals surface area contributed by atoms with E-state index >= 15 is 0 Å². The van der Waals surface area contributed by atoms with Crippen molar-refractivity contribution in [2.75, 3.05) is 13.6 Å². The van der Waals surface area contributed by atoms with Crippen LogP contribution in [0, 0.1) is 23.7 Å². The van der Waals surface area contributed by atoms with Crippen LogP contribution in [0.3, 0.4) is 0 Å². The first-order valence-electron chi connectivity index (χ1n) is 8.06. The molecule has 2 aliphatic rings. The number of hydrogen-bond donors (Lipinski definition) is 0. The minimum absolute atomic E-state index is 0.362. The molecule has 2 nitrogen and oxygen atoms in total. The molecule has 0 spiro atoms. The van der Waals surface area contributed by atoms with Crippen molar-refractivity contribution < 1.29 is 4.79 Å². The molecular formula is C17H29NO. The number of fused-ring (bicyclic) bond motifs is 2. The van der Waals surface area contributed by atoms with Gasteiger partial charge in [0.25, 0.3) is 0 Å². The fourth-order valence-electron chi connectivity index (χ4n) is 3.83. The summed E-state index contributed by atoms with van der Waals surface area (Å²) in [4.78, 5) is 14.3. The topological polar surface area (TPSA) is 20.3 Å². The van der Waals surface area contributed by atoms with Crippen molar-refractivity contribution in [3.63, 3.8) is 0 Å². The maximum atomic E-state index is 12.3. The highest BCUT2D eigenvalue weighted by atomic mass is 16.2. The lowest BCUT2D eigenvalue weighted by Gasteiger charge is -2.26. The van der Waals surface area contributed by atoms with E-state index in [1.807, 2.05) is 11.9 Å². The van der Waals surface area contributed by atoms with Crippen LogP contribution in [-0.2, 0) is 4.79 Å². The highest BCUT2D eigenvalue weighted by Crippen LogP contribution is 2.45. The Morgan fingerprint density at radius 2 is 2.11 bits per heavy atom. The normalized spacial score (nSPS) is 29.7. The standard InChI is InChI=1S/C17H29NO/c1-4-6-13(5-2)12-18(3)17(19)11-16-10-14-7-8-15(16)9-14/h7-8,13-16H,4-6,9-12H2,1-3H3. The summed E-state index contributed by atoms with van der Waals surface area (Å²) in [6.07, 6.45) is 11.7. The van der Waals surface area contributed by atoms with Gasteiger partial charge in [-0.25, -0.2) is 0 Å². The number of rotatable bonds is 7. The Balaban J connectivity index is 1.77. The van der Waals surface area contributed by atoms with Gasteiger partial charge in [0.05, 0.1) is 0 Å². The van der Waals surface area contributed by atoms with Gasteiger partial charge in [-0.05, 0) is 42.9 Å². The smallest absolute Gasteiger partial charge is 0.222 e. The van der Waals surface area contributed by atoms with E-state index in [2.05, 4.69) is 26.0 Å². The Kier molecular flexibility index (Phi) is 5.06. The van der Waals surface area contributed by atoms with Gasteiger partial charge >= 0.3 is 0 Å². The second-order valence-electron chi connectivity index (χ2n) is 6.58. The van der Waals surface area contributed by atoms with Crippen LogP contribution in [0.2, 0.25) is 0 Å². The summed E-state index contributed by atoms with van der Waals surface area (Å²) >= 11 is 0. The van der Waals surface area contributed by atoms with Gasteiger partial charge in [0.15, 0.2) is 0 Å². The monoisotopic (exact) mass is 263 g/mol. The average molecular weight is 263 g/mol. The third-order valence-corrected chi connectivity index (χ3v) is 5.09. The largest absolute Gasteiger partial charge is 0.345 e. The van der Waals surface area contributed by atoms with Crippen LogP contribution in [0.1, 0.15) is 52.4 Å². The van der Waals surface area contributed by atoms with Gasteiger partial charge in [0.2, 0.25) is 5.91 Å². The van der Waals surface area contributed by atoms with Gasteiger partial charge in [0, 0.05) is 20.0 Å². The molecule has 2 heteroatoms. The highest BCUT2D eigenvalue weighted by Gasteiger charge is 2.36. The van der Waals surface area contributed by atoms with E-state index in [0.717, 1.165) is 18.9 Å². The van der Waals surface area contributed by atoms with Crippen LogP contribution in [0.5, 0.6) is 0 Å². The molecule has 0 aromatic heterocycles. The second-order valence-corrected chi connectivity index (χ2v) is 6.58. The molecule has 0 radical (unpaired) electrons. The van der Waals surface area contributed by atoms with Crippen molar-refractivity contribution >= 4 is 5.91 Å². The van der Waals surface area contributed by atoms with Crippen molar-refractivity contribution in [2.24, 2.45) is 23.7 Å². The maximum absolute atomic E-state index is 12.3. The van der Waals surface area contributed by atoms with Crippen LogP contribution in [0.4, 0.5) is 0 Å². The summed E-state index contributed by atoms with van der Waals surface area (Å²) in [5.74, 6) is 3.13. The molecule has 2 rings (SSSR count). The maximum Gasteiger partial charge on any atom is 0.222 e. The first-order valence-corrected chi connectivity index (χ1v) is 8.06. The molecule has 0 aromatic rings. The molecule has 0 N–H and O–H groups in total. The van der Waals surface area contributed by atoms with Crippen molar-refractivity contribution in [3.05, 3.63) is 12.2 Å². The molecule has 4 unspecified atom stereocenters. The van der Waals surface area contributed by atoms with Crippen LogP contribution in [0.25, 0.3) is 0 Å². The molecule has 0 aliphatic heterocycles. The van der Waals surface area contributed by atoms with Crippen LogP contribution < -0.4 is 0 Å². The van der Waals surface area contributed by atoms with E-state index in [1.54, 1.807) is 0 Å². The molecule has 19 heavy (non-hydrogen) atoms. The summed E-state index contributed by atoms with van der Waals surface area (Å²) < 4.78 is 0. The molecule has 108 valence electrons. The third kappa shape index (κ3) is 3.61. The molecule has 0 heterocycles. The average Bonchev–Trinajstić information content (AvgIpc) is 3.00. The molecule has 1 saturated carbocycles. The first kappa shape index (κ1) is 14.6. The molecule has 0 aromatic carbocycles. The number of carbonyl (C=O) groups excluding carboxylic acids is 1. The zero-order valence-corrected chi connectivity index (χ0v) is 12.8. The summed E-state index contributed by atoms with van der Waals surface area (Å²) in [7, 11) is 1.99. The van der Waals surface area contributed by atoms with E-state index in [9.17, 15) is 4.79 Å². The van der Waals surface area contributed by atoms with Gasteiger partial charge in [-0.1, -0.05) is 38.8 Å². The minimum Gasteiger partial charge on any atom is -0.345 e. The minimum atomic E-state index is 0.362. The quantitative estimate of drug-likeness (QED) is 0.638. The lowest BCUT2D eigenvalue weighted by molar-refractivity contribution is -0.131. The van der Waals surface area contributed by atoms with Crippen LogP contribution in [0.15, 0.2) is 12.2 Å². The molecule has 2 bridgehead atoms. The van der Waals surface area contributed by atoms with E-state index in [0.29, 0.717) is 23.7 Å². The summed E-state index contributed by atoms with van der Waals surface area (Å²) in [6.45, 7) is 5.41. The third-order valence-electron chi connectivity index (χ3n) is 5.09. The molecule has 1 amide bonds. The number of hydrogen-bond acceptors (Lipinski definition) is 1. The number of allylic oxidation sites excluding steroid dienone is 2. The Labute approximate surface area is 118 Å². The van der Waals surface area contributed by atoms with E-state index in [4.69, 9.17) is 0 Å². The SMILES string of the molecule is CCCC(CC)CN(C)C(=O)CC1CC2C=CC1C2. The Hall–Kier alpha value is -0.790. The van der Waals surface area contributed by atoms with Crippen molar-refractivity contribution in [2.45, 2.75) is 52.4 Å². The molecular weight excluding hydrogens is 234 g/mol. The zero-order valence-electron chi connectivity index (χ0n) is 12.8. The summed E-state index contributed by atoms with van der Waals surface area (Å²) in [5, 5.41) is 0. The van der Waals surface area contributed by atoms with E-state index in [-0.39, 0.29) is 0 Å². The van der Waals surface area contributed by atoms with Gasteiger partial charge in [0.1, 0.15) is 0 Å². The number of carbonyl (C=O) groups is 1. The van der Waals surface area contributed by atoms with Gasteiger partial charge in [-0.15, -0.1) is 0 Å². The van der Waals surface area contributed by atoms with Crippen LogP contribution >= 0.6 is 0 Å². The van der Waals surface area contributed by atoms with Crippen LogP contribution in [-0.4, -0.2) is 24.4 Å². The molecule has 1 fully saturated rings. The summed E-state index contributed by atoms with van der Waals surface area (Å²) in [5.41, 5.74) is 0. The number of nitrogens with zero attached hydrogens (tertiary/aromatic N) is 1. The van der Waals surface area contributed by atoms with Crippen molar-refractivity contribution in [1.82, 2.24) is 4.90 Å². The van der Waals surface area contributed by atoms with Gasteiger partial charge in [-0.2, -0.15) is 0 Å². The number of amides is 1. The van der Waals surface area contributed by atoms with E-state index in [1.165, 1.54) is 32.1 Å². The summed E-state index contributed by atoms with van der Waals surface area (Å²) in [6, 6.07) is 0. The van der Waals surface area contributed by atoms with Crippen molar-refractivity contribution in [1.29, 1.82) is 0 Å². The Bertz CT molecular complexity index is 336. The Morgan fingerprint density at radius 1 is 1.32 bits per heavy atom. The molecule has 4 atom stereocenters. The fraction of sp³-hybridized carbons (Fsp3) is 0.824. The zero-order chi connectivity index (χ0) is 13.8. The van der Waals surface area contributed by atoms with E-state index < -0.39 is 0 Å². The lowest BCUT2D eigenvalue weighted by atomic mass is 9.90.